The van der Waals surface area contributed by atoms with Crippen LogP contribution < -0.4 is 5.32 Å². The predicted molar refractivity (Wildman–Crippen MR) is 69.8 cm³/mol. The zero-order valence-corrected chi connectivity index (χ0v) is 10.4. The van der Waals surface area contributed by atoms with Crippen LogP contribution in [-0.4, -0.2) is 28.8 Å². The number of benzene rings is 1. The predicted octanol–water partition coefficient (Wildman–Crippen LogP) is 1.81. The Hall–Kier alpha value is -1.55. The van der Waals surface area contributed by atoms with Gasteiger partial charge in [-0.25, -0.2) is 0 Å². The molecule has 0 aromatic heterocycles. The lowest BCUT2D eigenvalue weighted by atomic mass is 9.90. The van der Waals surface area contributed by atoms with Gasteiger partial charge >= 0.3 is 5.97 Å². The molecule has 18 heavy (non-hydrogen) atoms. The van der Waals surface area contributed by atoms with Gasteiger partial charge in [-0.2, -0.15) is 0 Å². The number of anilines is 1. The van der Waals surface area contributed by atoms with Crippen LogP contribution >= 0.6 is 0 Å². The van der Waals surface area contributed by atoms with E-state index in [-0.39, 0.29) is 13.0 Å². The molecule has 0 spiro atoms. The number of nitrogens with one attached hydrogen (secondary N) is 1. The first-order valence-corrected chi connectivity index (χ1v) is 6.41. The van der Waals surface area contributed by atoms with Crippen molar-refractivity contribution in [3.63, 3.8) is 0 Å². The summed E-state index contributed by atoms with van der Waals surface area (Å²) in [6, 6.07) is 6.15. The number of carbonyl (C=O) groups is 1. The molecular formula is C14H19NO3. The lowest BCUT2D eigenvalue weighted by Crippen LogP contribution is -2.23. The van der Waals surface area contributed by atoms with E-state index < -0.39 is 12.1 Å². The first-order chi connectivity index (χ1) is 8.66. The fourth-order valence-corrected chi connectivity index (χ4v) is 2.45. The van der Waals surface area contributed by atoms with E-state index in [1.807, 2.05) is 12.1 Å². The molecule has 3 N–H and O–H groups in total. The average molecular weight is 249 g/mol. The molecule has 1 aromatic rings. The van der Waals surface area contributed by atoms with Gasteiger partial charge in [0.25, 0.3) is 0 Å². The highest BCUT2D eigenvalue weighted by molar-refractivity contribution is 5.67. The van der Waals surface area contributed by atoms with Crippen molar-refractivity contribution >= 4 is 11.7 Å². The molecule has 4 nitrogen and oxygen atoms in total. The number of fused-ring (bicyclic) bond motifs is 1. The quantitative estimate of drug-likeness (QED) is 0.744. The maximum Gasteiger partial charge on any atom is 0.306 e. The second kappa shape index (κ2) is 5.87. The Kier molecular flexibility index (Phi) is 4.20. The third-order valence-electron chi connectivity index (χ3n) is 3.33. The van der Waals surface area contributed by atoms with Crippen molar-refractivity contribution in [3.05, 3.63) is 29.3 Å². The first-order valence-electron chi connectivity index (χ1n) is 6.41. The van der Waals surface area contributed by atoms with Gasteiger partial charge in [0.2, 0.25) is 0 Å². The summed E-state index contributed by atoms with van der Waals surface area (Å²) in [7, 11) is 0. The SMILES string of the molecule is O=C(O)CC(O)CNc1cccc2c1CCCC2. The van der Waals surface area contributed by atoms with E-state index in [1.165, 1.54) is 24.0 Å². The standard InChI is InChI=1S/C14H19NO3/c16-11(8-14(17)18)9-15-13-7-3-5-10-4-1-2-6-12(10)13/h3,5,7,11,15-16H,1-2,4,6,8-9H2,(H,17,18). The molecule has 1 aromatic carbocycles. The second-order valence-corrected chi connectivity index (χ2v) is 4.78. The maximum atomic E-state index is 10.5. The largest absolute Gasteiger partial charge is 0.481 e. The molecule has 0 radical (unpaired) electrons. The molecule has 0 fully saturated rings. The fraction of sp³-hybridized carbons (Fsp3) is 0.500. The molecule has 0 saturated carbocycles. The van der Waals surface area contributed by atoms with E-state index in [0.29, 0.717) is 0 Å². The molecule has 1 atom stereocenters. The lowest BCUT2D eigenvalue weighted by Gasteiger charge is -2.21. The molecule has 0 bridgehead atoms. The van der Waals surface area contributed by atoms with Crippen molar-refractivity contribution in [1.29, 1.82) is 0 Å². The monoisotopic (exact) mass is 249 g/mol. The van der Waals surface area contributed by atoms with E-state index in [1.54, 1.807) is 0 Å². The van der Waals surface area contributed by atoms with Gasteiger partial charge in [0.15, 0.2) is 0 Å². The number of aliphatic carboxylic acids is 1. The topological polar surface area (TPSA) is 69.6 Å². The number of carboxylic acids is 1. The van der Waals surface area contributed by atoms with Gasteiger partial charge in [0, 0.05) is 12.2 Å². The summed E-state index contributed by atoms with van der Waals surface area (Å²) < 4.78 is 0. The summed E-state index contributed by atoms with van der Waals surface area (Å²) in [6.45, 7) is 0.281. The Labute approximate surface area is 107 Å². The third-order valence-corrected chi connectivity index (χ3v) is 3.33. The van der Waals surface area contributed by atoms with Crippen molar-refractivity contribution in [2.75, 3.05) is 11.9 Å². The highest BCUT2D eigenvalue weighted by atomic mass is 16.4. The number of aryl methyl sites for hydroxylation is 1. The van der Waals surface area contributed by atoms with Crippen LogP contribution in [0.5, 0.6) is 0 Å². The Bertz CT molecular complexity index is 431. The smallest absolute Gasteiger partial charge is 0.306 e. The lowest BCUT2D eigenvalue weighted by molar-refractivity contribution is -0.138. The molecule has 0 heterocycles. The van der Waals surface area contributed by atoms with Crippen LogP contribution in [0, 0.1) is 0 Å². The number of carboxylic acid groups (broad SMARTS) is 1. The number of hydrogen-bond acceptors (Lipinski definition) is 3. The van der Waals surface area contributed by atoms with E-state index in [4.69, 9.17) is 5.11 Å². The Morgan fingerprint density at radius 1 is 1.33 bits per heavy atom. The Morgan fingerprint density at radius 3 is 2.89 bits per heavy atom. The number of aliphatic hydroxyl groups is 1. The molecule has 2 rings (SSSR count). The summed E-state index contributed by atoms with van der Waals surface area (Å²) >= 11 is 0. The Morgan fingerprint density at radius 2 is 2.11 bits per heavy atom. The summed E-state index contributed by atoms with van der Waals surface area (Å²) in [5.74, 6) is -0.973. The highest BCUT2D eigenvalue weighted by Crippen LogP contribution is 2.27. The minimum absolute atomic E-state index is 0.220. The molecule has 1 aliphatic carbocycles. The average Bonchev–Trinajstić information content (AvgIpc) is 2.35. The second-order valence-electron chi connectivity index (χ2n) is 4.78. The number of aliphatic hydroxyl groups excluding tert-OH is 1. The van der Waals surface area contributed by atoms with Crippen molar-refractivity contribution in [1.82, 2.24) is 0 Å². The summed E-state index contributed by atoms with van der Waals surface area (Å²) in [6.07, 6.45) is 3.54. The number of hydrogen-bond donors (Lipinski definition) is 3. The molecule has 4 heteroatoms. The van der Waals surface area contributed by atoms with E-state index >= 15 is 0 Å². The molecular weight excluding hydrogens is 230 g/mol. The zero-order chi connectivity index (χ0) is 13.0. The Balaban J connectivity index is 1.99. The zero-order valence-electron chi connectivity index (χ0n) is 10.4. The van der Waals surface area contributed by atoms with Gasteiger partial charge < -0.3 is 15.5 Å². The van der Waals surface area contributed by atoms with Crippen LogP contribution in [0.4, 0.5) is 5.69 Å². The minimum Gasteiger partial charge on any atom is -0.481 e. The van der Waals surface area contributed by atoms with Gasteiger partial charge in [-0.3, -0.25) is 4.79 Å². The summed E-state index contributed by atoms with van der Waals surface area (Å²) in [5.41, 5.74) is 3.74. The molecule has 0 saturated heterocycles. The van der Waals surface area contributed by atoms with Gasteiger partial charge in [0.1, 0.15) is 0 Å². The van der Waals surface area contributed by atoms with Gasteiger partial charge in [-0.05, 0) is 42.9 Å². The van der Waals surface area contributed by atoms with Crippen molar-refractivity contribution in [3.8, 4) is 0 Å². The van der Waals surface area contributed by atoms with Crippen LogP contribution in [0.3, 0.4) is 0 Å². The van der Waals surface area contributed by atoms with Crippen LogP contribution in [-0.2, 0) is 17.6 Å². The number of rotatable bonds is 5. The summed E-state index contributed by atoms with van der Waals surface area (Å²) in [5, 5.41) is 21.3. The summed E-state index contributed by atoms with van der Waals surface area (Å²) in [4.78, 5) is 10.5. The highest BCUT2D eigenvalue weighted by Gasteiger charge is 2.14. The minimum atomic E-state index is -0.973. The van der Waals surface area contributed by atoms with Gasteiger partial charge in [-0.15, -0.1) is 0 Å². The third kappa shape index (κ3) is 3.23. The molecule has 1 aliphatic rings. The van der Waals surface area contributed by atoms with Crippen molar-refractivity contribution in [2.24, 2.45) is 0 Å². The van der Waals surface area contributed by atoms with Crippen LogP contribution in [0.2, 0.25) is 0 Å². The van der Waals surface area contributed by atoms with E-state index in [9.17, 15) is 9.90 Å². The van der Waals surface area contributed by atoms with Crippen LogP contribution in [0.1, 0.15) is 30.4 Å². The van der Waals surface area contributed by atoms with E-state index in [0.717, 1.165) is 18.5 Å². The molecule has 0 amide bonds. The molecule has 0 aliphatic heterocycles. The van der Waals surface area contributed by atoms with Crippen molar-refractivity contribution in [2.45, 2.75) is 38.2 Å². The van der Waals surface area contributed by atoms with Gasteiger partial charge in [0.05, 0.1) is 12.5 Å². The first kappa shape index (κ1) is 12.9. The van der Waals surface area contributed by atoms with Crippen molar-refractivity contribution < 1.29 is 15.0 Å². The normalized spacial score (nSPS) is 15.8. The van der Waals surface area contributed by atoms with E-state index in [2.05, 4.69) is 11.4 Å². The van der Waals surface area contributed by atoms with Gasteiger partial charge in [-0.1, -0.05) is 12.1 Å². The fourth-order valence-electron chi connectivity index (χ4n) is 2.45. The maximum absolute atomic E-state index is 10.5. The van der Waals surface area contributed by atoms with Crippen LogP contribution in [0.15, 0.2) is 18.2 Å². The molecule has 1 unspecified atom stereocenters. The molecule has 98 valence electrons. The van der Waals surface area contributed by atoms with Crippen LogP contribution in [0.25, 0.3) is 0 Å².